The van der Waals surface area contributed by atoms with Gasteiger partial charge in [0.2, 0.25) is 0 Å². The zero-order valence-corrected chi connectivity index (χ0v) is 16.5. The first kappa shape index (κ1) is 18.4. The average molecular weight is 421 g/mol. The summed E-state index contributed by atoms with van der Waals surface area (Å²) in [4.78, 5) is 31.6. The van der Waals surface area contributed by atoms with E-state index in [0.717, 1.165) is 16.5 Å². The molecule has 1 aliphatic heterocycles. The second kappa shape index (κ2) is 6.74. The second-order valence-corrected chi connectivity index (χ2v) is 7.43. The quantitative estimate of drug-likeness (QED) is 0.461. The number of rotatable bonds is 3. The van der Waals surface area contributed by atoms with E-state index in [1.807, 2.05) is 30.3 Å². The Labute approximate surface area is 175 Å². The number of hydrogen-bond donors (Lipinski definition) is 0. The molecule has 5 rings (SSSR count). The van der Waals surface area contributed by atoms with Crippen LogP contribution in [0, 0.1) is 12.7 Å². The summed E-state index contributed by atoms with van der Waals surface area (Å²) in [5, 5.41) is 4.92. The normalized spacial score (nSPS) is 13.4. The Balaban J connectivity index is 1.63. The number of nitrogens with zero attached hydrogens (tertiary/aromatic N) is 4. The summed E-state index contributed by atoms with van der Waals surface area (Å²) >= 11 is 5.85. The first-order valence-corrected chi connectivity index (χ1v) is 9.57. The van der Waals surface area contributed by atoms with Gasteiger partial charge in [0, 0.05) is 6.20 Å². The summed E-state index contributed by atoms with van der Waals surface area (Å²) < 4.78 is 15.3. The van der Waals surface area contributed by atoms with Crippen molar-refractivity contribution >= 4 is 40.1 Å². The largest absolute Gasteiger partial charge is 0.268 e. The lowest BCUT2D eigenvalue weighted by atomic mass is 10.1. The summed E-state index contributed by atoms with van der Waals surface area (Å²) in [6.45, 7) is 2.26. The average Bonchev–Trinajstić information content (AvgIpc) is 3.19. The molecule has 4 aromatic rings. The van der Waals surface area contributed by atoms with E-state index >= 15 is 0 Å². The lowest BCUT2D eigenvalue weighted by Crippen LogP contribution is -2.29. The Morgan fingerprint density at radius 1 is 1.07 bits per heavy atom. The number of carbonyl (C=O) groups excluding carboxylic acids is 2. The van der Waals surface area contributed by atoms with Crippen LogP contribution in [0.4, 0.5) is 10.1 Å². The molecular weight excluding hydrogens is 407 g/mol. The van der Waals surface area contributed by atoms with Crippen molar-refractivity contribution in [2.45, 2.75) is 13.5 Å². The van der Waals surface area contributed by atoms with Crippen LogP contribution in [0.5, 0.6) is 0 Å². The van der Waals surface area contributed by atoms with Crippen LogP contribution in [0.2, 0.25) is 5.02 Å². The number of amides is 2. The highest BCUT2D eigenvalue weighted by molar-refractivity contribution is 6.38. The second-order valence-electron chi connectivity index (χ2n) is 7.02. The van der Waals surface area contributed by atoms with E-state index in [1.165, 1.54) is 18.3 Å². The SMILES string of the molecule is Cc1nn(Cc2ccccc2)c2ncc3c(c12)C(=O)N(c1ccc(F)c(Cl)c1)C3=O. The van der Waals surface area contributed by atoms with Crippen LogP contribution in [0.3, 0.4) is 0 Å². The molecule has 0 saturated carbocycles. The monoisotopic (exact) mass is 420 g/mol. The summed E-state index contributed by atoms with van der Waals surface area (Å²) in [6.07, 6.45) is 1.39. The number of pyridine rings is 1. The van der Waals surface area contributed by atoms with Crippen molar-refractivity contribution in [1.82, 2.24) is 14.8 Å². The summed E-state index contributed by atoms with van der Waals surface area (Å²) in [6, 6.07) is 13.5. The van der Waals surface area contributed by atoms with Crippen molar-refractivity contribution in [1.29, 1.82) is 0 Å². The van der Waals surface area contributed by atoms with Gasteiger partial charge in [0.25, 0.3) is 11.8 Å². The Hall–Kier alpha value is -3.58. The highest BCUT2D eigenvalue weighted by Crippen LogP contribution is 2.35. The Morgan fingerprint density at radius 2 is 1.83 bits per heavy atom. The molecule has 0 bridgehead atoms. The molecule has 1 aliphatic rings. The molecule has 2 amide bonds. The molecule has 6 nitrogen and oxygen atoms in total. The molecule has 0 N–H and O–H groups in total. The minimum absolute atomic E-state index is 0.167. The molecule has 0 aliphatic carbocycles. The first-order valence-electron chi connectivity index (χ1n) is 9.19. The predicted octanol–water partition coefficient (Wildman–Crippen LogP) is 4.38. The van der Waals surface area contributed by atoms with Crippen molar-refractivity contribution in [3.05, 3.63) is 88.0 Å². The van der Waals surface area contributed by atoms with Gasteiger partial charge < -0.3 is 0 Å². The molecule has 8 heteroatoms. The molecule has 2 aromatic heterocycles. The third kappa shape index (κ3) is 2.70. The molecule has 0 radical (unpaired) electrons. The van der Waals surface area contributed by atoms with Gasteiger partial charge in [-0.1, -0.05) is 41.9 Å². The maximum absolute atomic E-state index is 13.5. The number of hydrogen-bond acceptors (Lipinski definition) is 4. The van der Waals surface area contributed by atoms with Gasteiger partial charge in [-0.25, -0.2) is 19.0 Å². The summed E-state index contributed by atoms with van der Waals surface area (Å²) in [7, 11) is 0. The van der Waals surface area contributed by atoms with Crippen LogP contribution in [0.15, 0.2) is 54.7 Å². The van der Waals surface area contributed by atoms with Crippen LogP contribution in [-0.4, -0.2) is 26.6 Å². The minimum atomic E-state index is -0.626. The Bertz CT molecular complexity index is 1350. The van der Waals surface area contributed by atoms with Gasteiger partial charge in [0.1, 0.15) is 5.82 Å². The molecular formula is C22H14ClFN4O2. The van der Waals surface area contributed by atoms with Gasteiger partial charge in [0.05, 0.1) is 39.5 Å². The van der Waals surface area contributed by atoms with Crippen LogP contribution in [-0.2, 0) is 6.54 Å². The molecule has 0 atom stereocenters. The van der Waals surface area contributed by atoms with Crippen molar-refractivity contribution in [2.75, 3.05) is 4.90 Å². The van der Waals surface area contributed by atoms with Gasteiger partial charge in [-0.2, -0.15) is 5.10 Å². The van der Waals surface area contributed by atoms with Crippen molar-refractivity contribution < 1.29 is 14.0 Å². The minimum Gasteiger partial charge on any atom is -0.268 e. The Morgan fingerprint density at radius 3 is 2.57 bits per heavy atom. The molecule has 0 fully saturated rings. The highest BCUT2D eigenvalue weighted by Gasteiger charge is 2.40. The first-order chi connectivity index (χ1) is 14.5. The lowest BCUT2D eigenvalue weighted by Gasteiger charge is -2.14. The van der Waals surface area contributed by atoms with E-state index in [4.69, 9.17) is 11.6 Å². The number of halogens is 2. The zero-order valence-electron chi connectivity index (χ0n) is 15.8. The van der Waals surface area contributed by atoms with Crippen LogP contribution in [0.25, 0.3) is 11.0 Å². The van der Waals surface area contributed by atoms with Gasteiger partial charge in [0.15, 0.2) is 5.65 Å². The number of fused-ring (bicyclic) bond motifs is 3. The van der Waals surface area contributed by atoms with E-state index in [0.29, 0.717) is 23.3 Å². The van der Waals surface area contributed by atoms with Crippen LogP contribution >= 0.6 is 11.6 Å². The fourth-order valence-corrected chi connectivity index (χ4v) is 3.93. The third-order valence-electron chi connectivity index (χ3n) is 5.12. The lowest BCUT2D eigenvalue weighted by molar-refractivity contribution is 0.0926. The standard InChI is InChI=1S/C22H14ClFN4O2/c1-12-18-19-15(10-25-20(18)27(26-12)11-13-5-3-2-4-6-13)21(29)28(22(19)30)14-7-8-17(24)16(23)9-14/h2-10H,11H2,1H3. The number of carbonyl (C=O) groups is 2. The van der Waals surface area contributed by atoms with E-state index < -0.39 is 17.6 Å². The maximum Gasteiger partial charge on any atom is 0.267 e. The fourth-order valence-electron chi connectivity index (χ4n) is 3.75. The van der Waals surface area contributed by atoms with Crippen molar-refractivity contribution in [3.63, 3.8) is 0 Å². The van der Waals surface area contributed by atoms with Gasteiger partial charge >= 0.3 is 0 Å². The molecule has 0 saturated heterocycles. The molecule has 3 heterocycles. The number of imide groups is 1. The molecule has 0 spiro atoms. The molecule has 148 valence electrons. The van der Waals surface area contributed by atoms with Crippen molar-refractivity contribution in [2.24, 2.45) is 0 Å². The molecule has 0 unspecified atom stereocenters. The maximum atomic E-state index is 13.5. The van der Waals surface area contributed by atoms with E-state index in [1.54, 1.807) is 11.6 Å². The van der Waals surface area contributed by atoms with Crippen molar-refractivity contribution in [3.8, 4) is 0 Å². The van der Waals surface area contributed by atoms with Gasteiger partial charge in [-0.05, 0) is 30.7 Å². The Kier molecular flexibility index (Phi) is 4.15. The number of aryl methyl sites for hydroxylation is 1. The predicted molar refractivity (Wildman–Crippen MR) is 110 cm³/mol. The van der Waals surface area contributed by atoms with E-state index in [9.17, 15) is 14.0 Å². The smallest absolute Gasteiger partial charge is 0.267 e. The third-order valence-corrected chi connectivity index (χ3v) is 5.41. The van der Waals surface area contributed by atoms with Gasteiger partial charge in [-0.15, -0.1) is 0 Å². The van der Waals surface area contributed by atoms with Gasteiger partial charge in [-0.3, -0.25) is 9.59 Å². The van der Waals surface area contributed by atoms with Crippen LogP contribution in [0.1, 0.15) is 32.0 Å². The number of benzene rings is 2. The zero-order chi connectivity index (χ0) is 21.0. The summed E-state index contributed by atoms with van der Waals surface area (Å²) in [5.41, 5.74) is 2.81. The number of anilines is 1. The van der Waals surface area contributed by atoms with E-state index in [2.05, 4.69) is 10.1 Å². The molecule has 2 aromatic carbocycles. The van der Waals surface area contributed by atoms with Crippen LogP contribution < -0.4 is 4.90 Å². The topological polar surface area (TPSA) is 68.1 Å². The number of aromatic nitrogens is 3. The van der Waals surface area contributed by atoms with E-state index in [-0.39, 0.29) is 21.8 Å². The summed E-state index contributed by atoms with van der Waals surface area (Å²) in [5.74, 6) is -1.66. The molecule has 30 heavy (non-hydrogen) atoms. The highest BCUT2D eigenvalue weighted by atomic mass is 35.5. The fraction of sp³-hybridized carbons (Fsp3) is 0.0909.